The third-order valence-electron chi connectivity index (χ3n) is 4.01. The van der Waals surface area contributed by atoms with Gasteiger partial charge in [-0.05, 0) is 18.6 Å². The van der Waals surface area contributed by atoms with E-state index in [9.17, 15) is 4.79 Å². The van der Waals surface area contributed by atoms with E-state index in [1.54, 1.807) is 0 Å². The number of benzene rings is 1. The Morgan fingerprint density at radius 3 is 2.95 bits per heavy atom. The van der Waals surface area contributed by atoms with Gasteiger partial charge in [0.15, 0.2) is 0 Å². The number of hydrogen-bond donors (Lipinski definition) is 1. The van der Waals surface area contributed by atoms with Crippen molar-refractivity contribution in [3.8, 4) is 5.75 Å². The maximum absolute atomic E-state index is 12.1. The Morgan fingerprint density at radius 1 is 1.43 bits per heavy atom. The number of nitrogens with one attached hydrogen (secondary N) is 1. The molecule has 1 amide bonds. The van der Waals surface area contributed by atoms with Crippen molar-refractivity contribution in [2.24, 2.45) is 0 Å². The van der Waals surface area contributed by atoms with Gasteiger partial charge in [-0.15, -0.1) is 0 Å². The van der Waals surface area contributed by atoms with Gasteiger partial charge in [-0.1, -0.05) is 18.2 Å². The molecule has 0 radical (unpaired) electrons. The van der Waals surface area contributed by atoms with E-state index < -0.39 is 0 Å². The second-order valence-corrected chi connectivity index (χ2v) is 5.73. The first-order valence-corrected chi connectivity index (χ1v) is 7.53. The molecule has 0 spiro atoms. The molecule has 1 aromatic carbocycles. The number of morpholine rings is 1. The molecule has 21 heavy (non-hydrogen) atoms. The molecule has 114 valence electrons. The lowest BCUT2D eigenvalue weighted by atomic mass is 10.1. The largest absolute Gasteiger partial charge is 0.486 e. The molecule has 1 aromatic rings. The minimum Gasteiger partial charge on any atom is -0.486 e. The van der Waals surface area contributed by atoms with Crippen LogP contribution in [0.25, 0.3) is 0 Å². The van der Waals surface area contributed by atoms with Gasteiger partial charge >= 0.3 is 0 Å². The van der Waals surface area contributed by atoms with Crippen molar-refractivity contribution < 1.29 is 14.3 Å². The third kappa shape index (κ3) is 3.54. The summed E-state index contributed by atoms with van der Waals surface area (Å²) < 4.78 is 11.3. The van der Waals surface area contributed by atoms with Crippen LogP contribution in [0.4, 0.5) is 0 Å². The lowest BCUT2D eigenvalue weighted by Crippen LogP contribution is -2.57. The van der Waals surface area contributed by atoms with E-state index in [0.29, 0.717) is 26.1 Å². The summed E-state index contributed by atoms with van der Waals surface area (Å²) in [5.74, 6) is 1.10. The Labute approximate surface area is 125 Å². The number of ether oxygens (including phenoxy) is 2. The monoisotopic (exact) mass is 290 g/mol. The van der Waals surface area contributed by atoms with E-state index in [1.165, 1.54) is 0 Å². The quantitative estimate of drug-likeness (QED) is 0.897. The predicted molar refractivity (Wildman–Crippen MR) is 79.4 cm³/mol. The van der Waals surface area contributed by atoms with Gasteiger partial charge in [0.25, 0.3) is 0 Å². The first kappa shape index (κ1) is 14.4. The van der Waals surface area contributed by atoms with E-state index in [0.717, 1.165) is 24.5 Å². The summed E-state index contributed by atoms with van der Waals surface area (Å²) in [5, 5.41) is 3.31. The molecule has 0 unspecified atom stereocenters. The fraction of sp³-hybridized carbons (Fsp3) is 0.562. The third-order valence-corrected chi connectivity index (χ3v) is 4.01. The molecule has 2 saturated heterocycles. The summed E-state index contributed by atoms with van der Waals surface area (Å²) in [6.07, 6.45) is 0.627. The van der Waals surface area contributed by atoms with Gasteiger partial charge in [0.05, 0.1) is 26.3 Å². The number of likely N-dealkylation sites (tertiary alicyclic amines) is 1. The second-order valence-electron chi connectivity index (χ2n) is 5.73. The number of carbonyl (C=O) groups is 1. The first-order valence-electron chi connectivity index (χ1n) is 7.53. The fourth-order valence-electron chi connectivity index (χ4n) is 2.68. The number of carbonyl (C=O) groups excluding carboxylic acids is 1. The molecular formula is C16H22N2O3. The van der Waals surface area contributed by atoms with E-state index in [1.807, 2.05) is 36.1 Å². The van der Waals surface area contributed by atoms with Gasteiger partial charge in [0.2, 0.25) is 5.91 Å². The molecule has 0 bridgehead atoms. The fourth-order valence-corrected chi connectivity index (χ4v) is 2.68. The molecule has 1 N–H and O–H groups in total. The normalized spacial score (nSPS) is 22.7. The van der Waals surface area contributed by atoms with Crippen LogP contribution in [0.1, 0.15) is 12.0 Å². The van der Waals surface area contributed by atoms with Crippen molar-refractivity contribution >= 4 is 5.91 Å². The Balaban J connectivity index is 1.43. The predicted octanol–water partition coefficient (Wildman–Crippen LogP) is 0.963. The number of aryl methyl sites for hydroxylation is 1. The zero-order valence-electron chi connectivity index (χ0n) is 12.4. The van der Waals surface area contributed by atoms with Crippen LogP contribution in [0.15, 0.2) is 24.3 Å². The van der Waals surface area contributed by atoms with E-state index in [-0.39, 0.29) is 18.1 Å². The molecule has 2 aliphatic heterocycles. The van der Waals surface area contributed by atoms with Crippen LogP contribution in [0, 0.1) is 6.92 Å². The smallest absolute Gasteiger partial charge is 0.224 e. The molecule has 0 aliphatic carbocycles. The second kappa shape index (κ2) is 6.45. The average molecular weight is 290 g/mol. The summed E-state index contributed by atoms with van der Waals surface area (Å²) in [5.41, 5.74) is 1.13. The van der Waals surface area contributed by atoms with Crippen molar-refractivity contribution in [2.45, 2.75) is 25.5 Å². The minimum absolute atomic E-state index is 0.116. The van der Waals surface area contributed by atoms with Crippen LogP contribution >= 0.6 is 0 Å². The van der Waals surface area contributed by atoms with Crippen LogP contribution in [-0.4, -0.2) is 55.8 Å². The molecule has 2 heterocycles. The zero-order chi connectivity index (χ0) is 14.7. The van der Waals surface area contributed by atoms with Gasteiger partial charge in [-0.3, -0.25) is 4.79 Å². The molecule has 2 aliphatic rings. The highest BCUT2D eigenvalue weighted by atomic mass is 16.5. The van der Waals surface area contributed by atoms with Crippen molar-refractivity contribution in [3.05, 3.63) is 29.8 Å². The molecule has 0 aromatic heterocycles. The number of rotatable bonds is 4. The van der Waals surface area contributed by atoms with Crippen molar-refractivity contribution in [1.29, 1.82) is 0 Å². The van der Waals surface area contributed by atoms with Crippen LogP contribution in [-0.2, 0) is 9.53 Å². The van der Waals surface area contributed by atoms with Gasteiger partial charge in [0.1, 0.15) is 11.9 Å². The molecule has 3 rings (SSSR count). The highest BCUT2D eigenvalue weighted by molar-refractivity contribution is 5.77. The average Bonchev–Trinajstić information content (AvgIpc) is 2.45. The molecular weight excluding hydrogens is 268 g/mol. The summed E-state index contributed by atoms with van der Waals surface area (Å²) >= 11 is 0. The Bertz CT molecular complexity index is 494. The van der Waals surface area contributed by atoms with Crippen LogP contribution in [0.2, 0.25) is 0 Å². The maximum Gasteiger partial charge on any atom is 0.224 e. The topological polar surface area (TPSA) is 50.8 Å². The maximum atomic E-state index is 12.1. The van der Waals surface area contributed by atoms with Crippen LogP contribution < -0.4 is 10.1 Å². The number of nitrogens with zero attached hydrogens (tertiary/aromatic N) is 1. The highest BCUT2D eigenvalue weighted by Crippen LogP contribution is 2.22. The highest BCUT2D eigenvalue weighted by Gasteiger charge is 2.33. The number of hydrogen-bond acceptors (Lipinski definition) is 4. The summed E-state index contributed by atoms with van der Waals surface area (Å²) in [6.45, 7) is 5.59. The zero-order valence-corrected chi connectivity index (χ0v) is 12.4. The lowest BCUT2D eigenvalue weighted by Gasteiger charge is -2.40. The number of amides is 1. The van der Waals surface area contributed by atoms with E-state index in [4.69, 9.17) is 9.47 Å². The SMILES string of the molecule is Cc1ccccc1OC1CN(C(=O)C[C@@H]2COCCN2)C1. The Morgan fingerprint density at radius 2 is 2.24 bits per heavy atom. The summed E-state index contributed by atoms with van der Waals surface area (Å²) in [6, 6.07) is 8.13. The summed E-state index contributed by atoms with van der Waals surface area (Å²) in [4.78, 5) is 14.0. The lowest BCUT2D eigenvalue weighted by molar-refractivity contribution is -0.141. The van der Waals surface area contributed by atoms with Gasteiger partial charge in [-0.25, -0.2) is 0 Å². The van der Waals surface area contributed by atoms with Crippen molar-refractivity contribution in [3.63, 3.8) is 0 Å². The summed E-state index contributed by atoms with van der Waals surface area (Å²) in [7, 11) is 0. The van der Waals surface area contributed by atoms with Crippen molar-refractivity contribution in [2.75, 3.05) is 32.8 Å². The first-order chi connectivity index (χ1) is 10.2. The number of para-hydroxylation sites is 1. The standard InChI is InChI=1S/C16H22N2O3/c1-12-4-2-3-5-15(12)21-14-9-18(10-14)16(19)8-13-11-20-7-6-17-13/h2-5,13-14,17H,6-11H2,1H3/t13-/m1/s1. The Hall–Kier alpha value is -1.59. The van der Waals surface area contributed by atoms with Crippen molar-refractivity contribution in [1.82, 2.24) is 10.2 Å². The Kier molecular flexibility index (Phi) is 4.41. The molecule has 5 heteroatoms. The molecule has 5 nitrogen and oxygen atoms in total. The minimum atomic E-state index is 0.116. The van der Waals surface area contributed by atoms with E-state index in [2.05, 4.69) is 5.32 Å². The van der Waals surface area contributed by atoms with Crippen LogP contribution in [0.5, 0.6) is 5.75 Å². The van der Waals surface area contributed by atoms with E-state index >= 15 is 0 Å². The van der Waals surface area contributed by atoms with Gasteiger partial charge in [-0.2, -0.15) is 0 Å². The van der Waals surface area contributed by atoms with Gasteiger partial charge in [0, 0.05) is 19.0 Å². The molecule has 2 fully saturated rings. The molecule has 0 saturated carbocycles. The van der Waals surface area contributed by atoms with Gasteiger partial charge < -0.3 is 19.7 Å². The van der Waals surface area contributed by atoms with Crippen LogP contribution in [0.3, 0.4) is 0 Å². The molecule has 1 atom stereocenters.